The molecule has 0 aliphatic carbocycles. The van der Waals surface area contributed by atoms with Gasteiger partial charge in [0.25, 0.3) is 0 Å². The van der Waals surface area contributed by atoms with Crippen molar-refractivity contribution in [1.82, 2.24) is 15.0 Å². The predicted molar refractivity (Wildman–Crippen MR) is 86.8 cm³/mol. The molecule has 112 valence electrons. The van der Waals surface area contributed by atoms with Gasteiger partial charge in [0.1, 0.15) is 5.82 Å². The number of aromatic nitrogens is 3. The molecule has 2 aromatic rings. The fourth-order valence-corrected chi connectivity index (χ4v) is 2.24. The van der Waals surface area contributed by atoms with E-state index in [1.807, 2.05) is 37.3 Å². The van der Waals surface area contributed by atoms with Crippen LogP contribution < -0.4 is 10.6 Å². The van der Waals surface area contributed by atoms with Gasteiger partial charge in [0.2, 0.25) is 11.9 Å². The van der Waals surface area contributed by atoms with E-state index in [4.69, 9.17) is 0 Å². The van der Waals surface area contributed by atoms with Crippen molar-refractivity contribution in [2.45, 2.75) is 40.2 Å². The third-order valence-corrected chi connectivity index (χ3v) is 2.98. The Bertz CT molecular complexity index is 568. The second-order valence-electron chi connectivity index (χ2n) is 5.70. The second kappa shape index (κ2) is 7.02. The van der Waals surface area contributed by atoms with Crippen LogP contribution in [0.25, 0.3) is 0 Å². The van der Waals surface area contributed by atoms with Gasteiger partial charge in [0.05, 0.1) is 0 Å². The monoisotopic (exact) mass is 285 g/mol. The van der Waals surface area contributed by atoms with Crippen LogP contribution in [0.15, 0.2) is 30.3 Å². The lowest BCUT2D eigenvalue weighted by molar-refractivity contribution is 0.537. The first-order valence-corrected chi connectivity index (χ1v) is 7.34. The Hall–Kier alpha value is -2.17. The number of benzene rings is 1. The van der Waals surface area contributed by atoms with Crippen molar-refractivity contribution < 1.29 is 0 Å². The fraction of sp³-hybridized carbons (Fsp3) is 0.438. The van der Waals surface area contributed by atoms with E-state index in [0.717, 1.165) is 12.1 Å². The Morgan fingerprint density at radius 1 is 0.952 bits per heavy atom. The lowest BCUT2D eigenvalue weighted by atomic mass is 10.1. The summed E-state index contributed by atoms with van der Waals surface area (Å²) >= 11 is 0. The van der Waals surface area contributed by atoms with Crippen molar-refractivity contribution in [3.63, 3.8) is 0 Å². The molecule has 21 heavy (non-hydrogen) atoms. The maximum absolute atomic E-state index is 4.43. The van der Waals surface area contributed by atoms with E-state index >= 15 is 0 Å². The van der Waals surface area contributed by atoms with Crippen LogP contribution in [0.3, 0.4) is 0 Å². The highest BCUT2D eigenvalue weighted by Gasteiger charge is 2.09. The minimum atomic E-state index is 0.330. The van der Waals surface area contributed by atoms with E-state index in [1.54, 1.807) is 0 Å². The average Bonchev–Trinajstić information content (AvgIpc) is 2.37. The van der Waals surface area contributed by atoms with Gasteiger partial charge in [-0.25, -0.2) is 0 Å². The van der Waals surface area contributed by atoms with Crippen molar-refractivity contribution in [3.8, 4) is 0 Å². The predicted octanol–water partition coefficient (Wildman–Crippen LogP) is 3.77. The average molecular weight is 285 g/mol. The summed E-state index contributed by atoms with van der Waals surface area (Å²) in [5.41, 5.74) is 0.962. The molecule has 0 saturated carbocycles. The van der Waals surface area contributed by atoms with Crippen LogP contribution in [0, 0.1) is 12.8 Å². The van der Waals surface area contributed by atoms with Crippen LogP contribution in [-0.4, -0.2) is 21.0 Å². The SMILES string of the molecule is Cc1nc(Nc2ccccc2)nc(N[C@@H](C)CC(C)C)n1. The van der Waals surface area contributed by atoms with Crippen LogP contribution in [-0.2, 0) is 0 Å². The van der Waals surface area contributed by atoms with Crippen LogP contribution in [0.5, 0.6) is 0 Å². The number of rotatable bonds is 6. The maximum atomic E-state index is 4.43. The smallest absolute Gasteiger partial charge is 0.232 e. The first-order chi connectivity index (χ1) is 10.0. The molecule has 0 spiro atoms. The molecule has 1 heterocycles. The van der Waals surface area contributed by atoms with Gasteiger partial charge in [-0.3, -0.25) is 0 Å². The number of nitrogens with zero attached hydrogens (tertiary/aromatic N) is 3. The zero-order chi connectivity index (χ0) is 15.2. The van der Waals surface area contributed by atoms with Gasteiger partial charge in [-0.1, -0.05) is 32.0 Å². The molecule has 0 aliphatic heterocycles. The molecule has 0 saturated heterocycles. The molecule has 1 atom stereocenters. The third kappa shape index (κ3) is 5.02. The molecule has 1 aromatic carbocycles. The molecule has 5 heteroatoms. The Morgan fingerprint density at radius 2 is 1.62 bits per heavy atom. The topological polar surface area (TPSA) is 62.7 Å². The summed E-state index contributed by atoms with van der Waals surface area (Å²) in [5.74, 6) is 2.52. The van der Waals surface area contributed by atoms with Gasteiger partial charge in [-0.2, -0.15) is 15.0 Å². The lowest BCUT2D eigenvalue weighted by Gasteiger charge is -2.16. The number of para-hydroxylation sites is 1. The molecular weight excluding hydrogens is 262 g/mol. The standard InChI is InChI=1S/C16H23N5/c1-11(2)10-12(3)17-15-18-13(4)19-16(21-15)20-14-8-6-5-7-9-14/h5-9,11-12H,10H2,1-4H3,(H2,17,18,19,20,21)/t12-/m0/s1. The molecular formula is C16H23N5. The molecule has 0 aliphatic rings. The quantitative estimate of drug-likeness (QED) is 0.846. The highest BCUT2D eigenvalue weighted by molar-refractivity contribution is 5.53. The van der Waals surface area contributed by atoms with Gasteiger partial charge in [-0.05, 0) is 38.3 Å². The summed E-state index contributed by atoms with van der Waals surface area (Å²) in [6.45, 7) is 8.43. The maximum Gasteiger partial charge on any atom is 0.232 e. The Morgan fingerprint density at radius 3 is 2.29 bits per heavy atom. The van der Waals surface area contributed by atoms with E-state index in [9.17, 15) is 0 Å². The highest BCUT2D eigenvalue weighted by Crippen LogP contribution is 2.15. The lowest BCUT2D eigenvalue weighted by Crippen LogP contribution is -2.20. The van der Waals surface area contributed by atoms with E-state index in [-0.39, 0.29) is 0 Å². The zero-order valence-electron chi connectivity index (χ0n) is 13.1. The Labute approximate surface area is 126 Å². The first-order valence-electron chi connectivity index (χ1n) is 7.34. The van der Waals surface area contributed by atoms with Gasteiger partial charge >= 0.3 is 0 Å². The molecule has 0 radical (unpaired) electrons. The summed E-state index contributed by atoms with van der Waals surface area (Å²) in [5, 5.41) is 6.53. The van der Waals surface area contributed by atoms with Crippen LogP contribution in [0.2, 0.25) is 0 Å². The van der Waals surface area contributed by atoms with E-state index in [1.165, 1.54) is 0 Å². The molecule has 0 unspecified atom stereocenters. The second-order valence-corrected chi connectivity index (χ2v) is 5.70. The van der Waals surface area contributed by atoms with Crippen molar-refractivity contribution in [3.05, 3.63) is 36.2 Å². The number of nitrogens with one attached hydrogen (secondary N) is 2. The molecule has 0 amide bonds. The van der Waals surface area contributed by atoms with E-state index < -0.39 is 0 Å². The summed E-state index contributed by atoms with van der Waals surface area (Å²) in [4.78, 5) is 13.1. The molecule has 1 aromatic heterocycles. The van der Waals surface area contributed by atoms with Crippen LogP contribution >= 0.6 is 0 Å². The third-order valence-electron chi connectivity index (χ3n) is 2.98. The number of hydrogen-bond acceptors (Lipinski definition) is 5. The number of hydrogen-bond donors (Lipinski definition) is 2. The van der Waals surface area contributed by atoms with E-state index in [2.05, 4.69) is 46.4 Å². The molecule has 0 fully saturated rings. The number of anilines is 3. The van der Waals surface area contributed by atoms with Gasteiger partial charge in [0, 0.05) is 11.7 Å². The minimum absolute atomic E-state index is 0.330. The largest absolute Gasteiger partial charge is 0.352 e. The summed E-state index contributed by atoms with van der Waals surface area (Å²) in [6, 6.07) is 10.2. The summed E-state index contributed by atoms with van der Waals surface area (Å²) in [7, 11) is 0. The summed E-state index contributed by atoms with van der Waals surface area (Å²) in [6.07, 6.45) is 1.08. The first kappa shape index (κ1) is 15.2. The van der Waals surface area contributed by atoms with Crippen molar-refractivity contribution in [2.75, 3.05) is 10.6 Å². The molecule has 2 rings (SSSR count). The van der Waals surface area contributed by atoms with E-state index in [0.29, 0.717) is 29.7 Å². The van der Waals surface area contributed by atoms with Crippen LogP contribution in [0.4, 0.5) is 17.6 Å². The van der Waals surface area contributed by atoms with Crippen molar-refractivity contribution >= 4 is 17.6 Å². The summed E-state index contributed by atoms with van der Waals surface area (Å²) < 4.78 is 0. The fourth-order valence-electron chi connectivity index (χ4n) is 2.24. The normalized spacial score (nSPS) is 12.2. The molecule has 2 N–H and O–H groups in total. The van der Waals surface area contributed by atoms with Gasteiger partial charge in [-0.15, -0.1) is 0 Å². The Kier molecular flexibility index (Phi) is 5.09. The Balaban J connectivity index is 2.10. The van der Waals surface area contributed by atoms with Crippen molar-refractivity contribution in [2.24, 2.45) is 5.92 Å². The minimum Gasteiger partial charge on any atom is -0.352 e. The van der Waals surface area contributed by atoms with Gasteiger partial charge < -0.3 is 10.6 Å². The molecule has 5 nitrogen and oxygen atoms in total. The number of aryl methyl sites for hydroxylation is 1. The van der Waals surface area contributed by atoms with Crippen molar-refractivity contribution in [1.29, 1.82) is 0 Å². The highest BCUT2D eigenvalue weighted by atomic mass is 15.2. The zero-order valence-corrected chi connectivity index (χ0v) is 13.1. The van der Waals surface area contributed by atoms with Crippen LogP contribution in [0.1, 0.15) is 33.0 Å². The molecule has 0 bridgehead atoms. The van der Waals surface area contributed by atoms with Gasteiger partial charge in [0.15, 0.2) is 0 Å².